The molecular weight excluding hydrogens is 228 g/mol. The Morgan fingerprint density at radius 1 is 1.27 bits per heavy atom. The quantitative estimate of drug-likeness (QED) is 0.739. The smallest absolute Gasteiger partial charge is 0.110 e. The van der Waals surface area contributed by atoms with Gasteiger partial charge in [0, 0.05) is 10.9 Å². The number of hydrogen-bond donors (Lipinski definition) is 1. The Hall–Kier alpha value is -0.310. The van der Waals surface area contributed by atoms with Crippen molar-refractivity contribution in [2.24, 2.45) is 5.41 Å². The van der Waals surface area contributed by atoms with Crippen molar-refractivity contribution in [1.29, 1.82) is 0 Å². The van der Waals surface area contributed by atoms with Crippen molar-refractivity contribution in [3.63, 3.8) is 0 Å². The second kappa shape index (κ2) is 3.62. The molecule has 0 radical (unpaired) electrons. The number of halogens is 1. The highest BCUT2D eigenvalue weighted by molar-refractivity contribution is 7.08. The Morgan fingerprint density at radius 2 is 2.00 bits per heavy atom. The van der Waals surface area contributed by atoms with Crippen molar-refractivity contribution in [3.05, 3.63) is 33.5 Å². The summed E-state index contributed by atoms with van der Waals surface area (Å²) in [6, 6.07) is 0. The molecule has 1 aromatic heterocycles. The van der Waals surface area contributed by atoms with E-state index in [2.05, 4.69) is 19.9 Å². The summed E-state index contributed by atoms with van der Waals surface area (Å²) in [4.78, 5) is 0. The molecule has 0 aromatic carbocycles. The van der Waals surface area contributed by atoms with Gasteiger partial charge in [0.2, 0.25) is 0 Å². The van der Waals surface area contributed by atoms with Crippen LogP contribution < -0.4 is 0 Å². The zero-order valence-electron chi connectivity index (χ0n) is 8.96. The molecule has 1 atom stereocenters. The van der Waals surface area contributed by atoms with Crippen molar-refractivity contribution in [2.45, 2.75) is 32.3 Å². The van der Waals surface area contributed by atoms with Gasteiger partial charge in [-0.2, -0.15) is 11.3 Å². The monoisotopic (exact) mass is 242 g/mol. The fourth-order valence-electron chi connectivity index (χ4n) is 1.86. The second-order valence-electron chi connectivity index (χ2n) is 4.88. The van der Waals surface area contributed by atoms with E-state index in [0.717, 1.165) is 18.4 Å². The van der Waals surface area contributed by atoms with Crippen molar-refractivity contribution >= 4 is 22.9 Å². The van der Waals surface area contributed by atoms with Crippen LogP contribution in [-0.4, -0.2) is 5.11 Å². The summed E-state index contributed by atoms with van der Waals surface area (Å²) in [5.41, 5.74) is 0.183. The standard InChI is InChI=1S/C12H15ClOS/c1-11(2)3-5-12(14,6-4-11)9-7-15-8-10(9)13/h3,5,7-8,14H,4,6H2,1-2H3. The number of thiophene rings is 1. The van der Waals surface area contributed by atoms with Gasteiger partial charge in [-0.15, -0.1) is 0 Å². The van der Waals surface area contributed by atoms with E-state index in [-0.39, 0.29) is 5.41 Å². The van der Waals surface area contributed by atoms with Crippen LogP contribution in [0.15, 0.2) is 22.9 Å². The minimum absolute atomic E-state index is 0.189. The van der Waals surface area contributed by atoms with Crippen LogP contribution in [0, 0.1) is 5.41 Å². The van der Waals surface area contributed by atoms with Gasteiger partial charge in [-0.3, -0.25) is 0 Å². The molecule has 15 heavy (non-hydrogen) atoms. The van der Waals surface area contributed by atoms with Crippen molar-refractivity contribution < 1.29 is 5.11 Å². The Kier molecular flexibility index (Phi) is 2.70. The molecule has 1 aliphatic carbocycles. The van der Waals surface area contributed by atoms with Gasteiger partial charge in [-0.05, 0) is 23.6 Å². The summed E-state index contributed by atoms with van der Waals surface area (Å²) >= 11 is 7.58. The van der Waals surface area contributed by atoms with Gasteiger partial charge in [0.1, 0.15) is 5.60 Å². The summed E-state index contributed by atoms with van der Waals surface area (Å²) in [6.45, 7) is 4.36. The molecule has 1 nitrogen and oxygen atoms in total. The first-order chi connectivity index (χ1) is 6.93. The molecule has 0 bridgehead atoms. The maximum absolute atomic E-state index is 10.5. The van der Waals surface area contributed by atoms with Crippen LogP contribution in [0.3, 0.4) is 0 Å². The molecule has 2 rings (SSSR count). The van der Waals surface area contributed by atoms with Crippen molar-refractivity contribution in [2.75, 3.05) is 0 Å². The zero-order valence-corrected chi connectivity index (χ0v) is 10.5. The molecule has 1 aliphatic rings. The lowest BCUT2D eigenvalue weighted by Gasteiger charge is -2.34. The van der Waals surface area contributed by atoms with Crippen LogP contribution in [0.25, 0.3) is 0 Å². The minimum Gasteiger partial charge on any atom is -0.381 e. The fourth-order valence-corrected chi connectivity index (χ4v) is 3.08. The molecule has 1 aromatic rings. The van der Waals surface area contributed by atoms with Gasteiger partial charge in [0.25, 0.3) is 0 Å². The lowest BCUT2D eigenvalue weighted by atomic mass is 9.75. The highest BCUT2D eigenvalue weighted by Crippen LogP contribution is 2.42. The first kappa shape index (κ1) is 11.2. The van der Waals surface area contributed by atoms with Crippen molar-refractivity contribution in [3.8, 4) is 0 Å². The maximum atomic E-state index is 10.5. The largest absolute Gasteiger partial charge is 0.381 e. The SMILES string of the molecule is CC1(C)C=CC(O)(c2cscc2Cl)CC1. The Labute approximate surface area is 99.4 Å². The summed E-state index contributed by atoms with van der Waals surface area (Å²) in [7, 11) is 0. The Balaban J connectivity index is 2.35. The summed E-state index contributed by atoms with van der Waals surface area (Å²) in [5.74, 6) is 0. The minimum atomic E-state index is -0.855. The van der Waals surface area contributed by atoms with Crippen LogP contribution in [0.1, 0.15) is 32.3 Å². The molecule has 1 N–H and O–H groups in total. The molecule has 0 saturated heterocycles. The second-order valence-corrected chi connectivity index (χ2v) is 6.03. The maximum Gasteiger partial charge on any atom is 0.110 e. The average molecular weight is 243 g/mol. The molecule has 0 aliphatic heterocycles. The van der Waals surface area contributed by atoms with E-state index in [1.54, 1.807) is 0 Å². The molecule has 1 heterocycles. The Morgan fingerprint density at radius 3 is 2.47 bits per heavy atom. The topological polar surface area (TPSA) is 20.2 Å². The van der Waals surface area contributed by atoms with Gasteiger partial charge >= 0.3 is 0 Å². The molecule has 0 saturated carbocycles. The van der Waals surface area contributed by atoms with Crippen LogP contribution in [-0.2, 0) is 5.60 Å². The van der Waals surface area contributed by atoms with Gasteiger partial charge in [0.05, 0.1) is 5.02 Å². The number of hydrogen-bond acceptors (Lipinski definition) is 2. The predicted molar refractivity (Wildman–Crippen MR) is 65.4 cm³/mol. The third kappa shape index (κ3) is 2.12. The molecule has 1 unspecified atom stereocenters. The number of aliphatic hydroxyl groups is 1. The lowest BCUT2D eigenvalue weighted by molar-refractivity contribution is 0.0586. The van der Waals surface area contributed by atoms with Crippen LogP contribution in [0.5, 0.6) is 0 Å². The third-order valence-corrected chi connectivity index (χ3v) is 4.23. The number of allylic oxidation sites excluding steroid dienone is 1. The van der Waals surface area contributed by atoms with Crippen LogP contribution in [0.2, 0.25) is 5.02 Å². The normalized spacial score (nSPS) is 29.3. The van der Waals surface area contributed by atoms with E-state index in [4.69, 9.17) is 11.6 Å². The highest BCUT2D eigenvalue weighted by atomic mass is 35.5. The molecule has 0 spiro atoms. The lowest BCUT2D eigenvalue weighted by Crippen LogP contribution is -2.29. The van der Waals surface area contributed by atoms with Crippen LogP contribution in [0.4, 0.5) is 0 Å². The van der Waals surface area contributed by atoms with E-state index in [0.29, 0.717) is 5.02 Å². The molecule has 0 fully saturated rings. The van der Waals surface area contributed by atoms with Crippen molar-refractivity contribution in [1.82, 2.24) is 0 Å². The fraction of sp³-hybridized carbons (Fsp3) is 0.500. The van der Waals surface area contributed by atoms with Crippen LogP contribution >= 0.6 is 22.9 Å². The van der Waals surface area contributed by atoms with Gasteiger partial charge in [0.15, 0.2) is 0 Å². The van der Waals surface area contributed by atoms with E-state index < -0.39 is 5.60 Å². The predicted octanol–water partition coefficient (Wildman–Crippen LogP) is 3.97. The molecular formula is C12H15ClOS. The molecule has 82 valence electrons. The summed E-state index contributed by atoms with van der Waals surface area (Å²) < 4.78 is 0. The van der Waals surface area contributed by atoms with E-state index in [1.807, 2.05) is 16.8 Å². The zero-order chi connectivity index (χ0) is 11.1. The average Bonchev–Trinajstić information content (AvgIpc) is 2.58. The van der Waals surface area contributed by atoms with E-state index in [9.17, 15) is 5.11 Å². The summed E-state index contributed by atoms with van der Waals surface area (Å²) in [6.07, 6.45) is 5.70. The van der Waals surface area contributed by atoms with E-state index >= 15 is 0 Å². The molecule has 0 amide bonds. The first-order valence-electron chi connectivity index (χ1n) is 5.08. The van der Waals surface area contributed by atoms with Gasteiger partial charge in [-0.1, -0.05) is 37.6 Å². The van der Waals surface area contributed by atoms with Gasteiger partial charge in [-0.25, -0.2) is 0 Å². The molecule has 3 heteroatoms. The highest BCUT2D eigenvalue weighted by Gasteiger charge is 2.35. The Bertz CT molecular complexity index is 394. The van der Waals surface area contributed by atoms with E-state index in [1.165, 1.54) is 11.3 Å². The third-order valence-electron chi connectivity index (χ3n) is 3.04. The first-order valence-corrected chi connectivity index (χ1v) is 6.40. The number of rotatable bonds is 1. The summed E-state index contributed by atoms with van der Waals surface area (Å²) in [5, 5.41) is 15.0. The van der Waals surface area contributed by atoms with Gasteiger partial charge < -0.3 is 5.11 Å².